The van der Waals surface area contributed by atoms with Crippen LogP contribution in [0.5, 0.6) is 0 Å². The third-order valence-electron chi connectivity index (χ3n) is 5.11. The van der Waals surface area contributed by atoms with Gasteiger partial charge in [0.05, 0.1) is 10.8 Å². The lowest BCUT2D eigenvalue weighted by molar-refractivity contribution is -0.143. The molecule has 4 nitrogen and oxygen atoms in total. The SMILES string of the molecule is Cc1cccc(C2(C(=O)NCC3(C(=O)O)CC3)CCC2)c1. The van der Waals surface area contributed by atoms with Crippen molar-refractivity contribution in [1.29, 1.82) is 0 Å². The topological polar surface area (TPSA) is 66.4 Å². The standard InChI is InChI=1S/C17H21NO3/c1-12-4-2-5-13(10-12)17(6-3-7-17)14(19)18-11-16(8-9-16)15(20)21/h2,4-5,10H,3,6-9,11H2,1H3,(H,18,19)(H,20,21). The van der Waals surface area contributed by atoms with Gasteiger partial charge in [-0.2, -0.15) is 0 Å². The molecule has 0 heterocycles. The second kappa shape index (κ2) is 4.86. The van der Waals surface area contributed by atoms with E-state index in [4.69, 9.17) is 0 Å². The van der Waals surface area contributed by atoms with Gasteiger partial charge in [0.2, 0.25) is 5.91 Å². The Bertz CT molecular complexity index is 585. The molecule has 0 spiro atoms. The zero-order valence-electron chi connectivity index (χ0n) is 12.3. The molecule has 0 radical (unpaired) electrons. The van der Waals surface area contributed by atoms with Crippen molar-refractivity contribution in [2.24, 2.45) is 5.41 Å². The quantitative estimate of drug-likeness (QED) is 0.874. The average Bonchev–Trinajstić information content (AvgIpc) is 3.16. The number of carbonyl (C=O) groups excluding carboxylic acids is 1. The number of aliphatic carboxylic acids is 1. The fourth-order valence-electron chi connectivity index (χ4n) is 3.16. The molecule has 21 heavy (non-hydrogen) atoms. The van der Waals surface area contributed by atoms with Crippen LogP contribution < -0.4 is 5.32 Å². The maximum atomic E-state index is 12.7. The number of carbonyl (C=O) groups is 2. The van der Waals surface area contributed by atoms with E-state index in [1.54, 1.807) is 0 Å². The number of carboxylic acids is 1. The Hall–Kier alpha value is -1.84. The van der Waals surface area contributed by atoms with Crippen LogP contribution in [-0.4, -0.2) is 23.5 Å². The fourth-order valence-corrected chi connectivity index (χ4v) is 3.16. The van der Waals surface area contributed by atoms with Crippen molar-refractivity contribution in [2.75, 3.05) is 6.54 Å². The second-order valence-corrected chi connectivity index (χ2v) is 6.57. The molecule has 0 aliphatic heterocycles. The van der Waals surface area contributed by atoms with Crippen molar-refractivity contribution < 1.29 is 14.7 Å². The maximum Gasteiger partial charge on any atom is 0.311 e. The molecule has 4 heteroatoms. The van der Waals surface area contributed by atoms with Crippen molar-refractivity contribution in [1.82, 2.24) is 5.32 Å². The molecule has 112 valence electrons. The van der Waals surface area contributed by atoms with Gasteiger partial charge in [-0.1, -0.05) is 36.2 Å². The zero-order valence-corrected chi connectivity index (χ0v) is 12.3. The summed E-state index contributed by atoms with van der Waals surface area (Å²) >= 11 is 0. The van der Waals surface area contributed by atoms with Gasteiger partial charge >= 0.3 is 5.97 Å². The van der Waals surface area contributed by atoms with E-state index in [0.717, 1.165) is 30.4 Å². The van der Waals surface area contributed by atoms with Gasteiger partial charge in [-0.25, -0.2) is 0 Å². The molecule has 1 amide bonds. The number of benzene rings is 1. The van der Waals surface area contributed by atoms with Crippen LogP contribution in [0.15, 0.2) is 24.3 Å². The van der Waals surface area contributed by atoms with Gasteiger partial charge in [-0.05, 0) is 38.2 Å². The highest BCUT2D eigenvalue weighted by Gasteiger charge is 2.52. The first-order valence-electron chi connectivity index (χ1n) is 7.57. The molecule has 2 N–H and O–H groups in total. The summed E-state index contributed by atoms with van der Waals surface area (Å²) in [7, 11) is 0. The first-order valence-corrected chi connectivity index (χ1v) is 7.57. The lowest BCUT2D eigenvalue weighted by Gasteiger charge is -2.41. The van der Waals surface area contributed by atoms with Crippen LogP contribution in [0.3, 0.4) is 0 Å². The maximum absolute atomic E-state index is 12.7. The Balaban J connectivity index is 1.74. The van der Waals surface area contributed by atoms with Gasteiger partial charge in [-0.15, -0.1) is 0 Å². The fraction of sp³-hybridized carbons (Fsp3) is 0.529. The average molecular weight is 287 g/mol. The highest BCUT2D eigenvalue weighted by molar-refractivity contribution is 5.90. The summed E-state index contributed by atoms with van der Waals surface area (Å²) in [5.41, 5.74) is 1.07. The molecule has 0 unspecified atom stereocenters. The zero-order chi connectivity index (χ0) is 15.1. The molecule has 2 fully saturated rings. The molecule has 3 rings (SSSR count). The van der Waals surface area contributed by atoms with Crippen LogP contribution in [0.4, 0.5) is 0 Å². The summed E-state index contributed by atoms with van der Waals surface area (Å²) in [5.74, 6) is -0.798. The van der Waals surface area contributed by atoms with E-state index in [9.17, 15) is 14.7 Å². The van der Waals surface area contributed by atoms with E-state index >= 15 is 0 Å². The van der Waals surface area contributed by atoms with E-state index in [1.165, 1.54) is 0 Å². The number of rotatable bonds is 5. The molecule has 0 bridgehead atoms. The third-order valence-corrected chi connectivity index (χ3v) is 5.11. The van der Waals surface area contributed by atoms with Crippen molar-refractivity contribution in [3.63, 3.8) is 0 Å². The van der Waals surface area contributed by atoms with Crippen molar-refractivity contribution in [3.05, 3.63) is 35.4 Å². The Kier molecular flexibility index (Phi) is 3.27. The van der Waals surface area contributed by atoms with Crippen LogP contribution in [0, 0.1) is 12.3 Å². The summed E-state index contributed by atoms with van der Waals surface area (Å²) in [6.07, 6.45) is 4.08. The summed E-state index contributed by atoms with van der Waals surface area (Å²) in [5, 5.41) is 12.1. The smallest absolute Gasteiger partial charge is 0.311 e. The number of nitrogens with one attached hydrogen (secondary N) is 1. The normalized spacial score (nSPS) is 21.2. The summed E-state index contributed by atoms with van der Waals surface area (Å²) < 4.78 is 0. The molecule has 2 saturated carbocycles. The monoisotopic (exact) mass is 287 g/mol. The first-order chi connectivity index (χ1) is 9.98. The summed E-state index contributed by atoms with van der Waals surface area (Å²) in [6.45, 7) is 2.28. The Morgan fingerprint density at radius 3 is 2.43 bits per heavy atom. The predicted octanol–water partition coefficient (Wildman–Crippen LogP) is 2.40. The molecule has 1 aromatic rings. The summed E-state index contributed by atoms with van der Waals surface area (Å²) in [6, 6.07) is 8.09. The Morgan fingerprint density at radius 1 is 1.24 bits per heavy atom. The number of carboxylic acid groups (broad SMARTS) is 1. The largest absolute Gasteiger partial charge is 0.481 e. The van der Waals surface area contributed by atoms with Crippen LogP contribution in [0.2, 0.25) is 0 Å². The van der Waals surface area contributed by atoms with E-state index in [1.807, 2.05) is 25.1 Å². The highest BCUT2D eigenvalue weighted by Crippen LogP contribution is 2.47. The van der Waals surface area contributed by atoms with Crippen LogP contribution in [0.25, 0.3) is 0 Å². The van der Waals surface area contributed by atoms with Gasteiger partial charge in [0.25, 0.3) is 0 Å². The highest BCUT2D eigenvalue weighted by atomic mass is 16.4. The number of amides is 1. The minimum atomic E-state index is -0.791. The van der Waals surface area contributed by atoms with Crippen LogP contribution >= 0.6 is 0 Å². The van der Waals surface area contributed by atoms with Crippen LogP contribution in [-0.2, 0) is 15.0 Å². The summed E-state index contributed by atoms with van der Waals surface area (Å²) in [4.78, 5) is 23.8. The molecule has 2 aliphatic carbocycles. The molecule has 0 atom stereocenters. The van der Waals surface area contributed by atoms with Crippen molar-refractivity contribution in [3.8, 4) is 0 Å². The van der Waals surface area contributed by atoms with Crippen LogP contribution in [0.1, 0.15) is 43.2 Å². The molecule has 2 aliphatic rings. The predicted molar refractivity (Wildman–Crippen MR) is 79.0 cm³/mol. The lowest BCUT2D eigenvalue weighted by atomic mass is 9.63. The Labute approximate surface area is 124 Å². The number of hydrogen-bond acceptors (Lipinski definition) is 2. The second-order valence-electron chi connectivity index (χ2n) is 6.57. The molecular formula is C17H21NO3. The third kappa shape index (κ3) is 2.33. The minimum absolute atomic E-state index is 0.00752. The number of hydrogen-bond donors (Lipinski definition) is 2. The van der Waals surface area contributed by atoms with E-state index < -0.39 is 16.8 Å². The van der Waals surface area contributed by atoms with Gasteiger partial charge in [0.15, 0.2) is 0 Å². The molecule has 0 aromatic heterocycles. The van der Waals surface area contributed by atoms with E-state index in [2.05, 4.69) is 11.4 Å². The van der Waals surface area contributed by atoms with E-state index in [-0.39, 0.29) is 12.5 Å². The van der Waals surface area contributed by atoms with Crippen molar-refractivity contribution >= 4 is 11.9 Å². The number of aryl methyl sites for hydroxylation is 1. The lowest BCUT2D eigenvalue weighted by Crippen LogP contribution is -2.51. The minimum Gasteiger partial charge on any atom is -0.481 e. The molecular weight excluding hydrogens is 266 g/mol. The molecule has 1 aromatic carbocycles. The van der Waals surface area contributed by atoms with Gasteiger partial charge in [-0.3, -0.25) is 9.59 Å². The van der Waals surface area contributed by atoms with Gasteiger partial charge < -0.3 is 10.4 Å². The first kappa shape index (κ1) is 14.1. The van der Waals surface area contributed by atoms with Gasteiger partial charge in [0, 0.05) is 6.54 Å². The van der Waals surface area contributed by atoms with Gasteiger partial charge in [0.1, 0.15) is 0 Å². The molecule has 0 saturated heterocycles. The van der Waals surface area contributed by atoms with E-state index in [0.29, 0.717) is 12.8 Å². The Morgan fingerprint density at radius 2 is 1.95 bits per heavy atom. The van der Waals surface area contributed by atoms with Crippen molar-refractivity contribution in [2.45, 2.75) is 44.4 Å².